The normalized spacial score (nSPS) is 12.0. The van der Waals surface area contributed by atoms with E-state index in [9.17, 15) is 8.42 Å². The summed E-state index contributed by atoms with van der Waals surface area (Å²) in [4.78, 5) is 8.34. The summed E-state index contributed by atoms with van der Waals surface area (Å²) in [6.45, 7) is 4.45. The molecule has 0 aliphatic rings. The standard InChI is InChI=1S/C15H19N5O2S/c1-3-20(4-2)23(21,22)14-8-9-15(17-12-14)19-18-11-13-7-5-6-10-16-13/h5-12H,3-4H2,1-2H3,(H,17,19). The zero-order chi connectivity index (χ0) is 16.7. The van der Waals surface area contributed by atoms with E-state index in [-0.39, 0.29) is 4.90 Å². The van der Waals surface area contributed by atoms with Crippen molar-refractivity contribution in [3.05, 3.63) is 48.4 Å². The molecule has 0 atom stereocenters. The third-order valence-electron chi connectivity index (χ3n) is 3.14. The zero-order valence-electron chi connectivity index (χ0n) is 13.0. The third-order valence-corrected chi connectivity index (χ3v) is 5.18. The summed E-state index contributed by atoms with van der Waals surface area (Å²) in [7, 11) is -3.49. The Kier molecular flexibility index (Phi) is 5.78. The van der Waals surface area contributed by atoms with E-state index in [2.05, 4.69) is 20.5 Å². The largest absolute Gasteiger partial charge is 0.261 e. The van der Waals surface area contributed by atoms with Crippen LogP contribution in [0.3, 0.4) is 0 Å². The smallest absolute Gasteiger partial charge is 0.244 e. The predicted octanol–water partition coefficient (Wildman–Crippen LogP) is 1.95. The van der Waals surface area contributed by atoms with E-state index in [1.807, 2.05) is 18.2 Å². The number of aromatic nitrogens is 2. The maximum atomic E-state index is 12.3. The molecular formula is C15H19N5O2S. The van der Waals surface area contributed by atoms with Gasteiger partial charge in [0.05, 0.1) is 11.9 Å². The highest BCUT2D eigenvalue weighted by Gasteiger charge is 2.21. The number of anilines is 1. The van der Waals surface area contributed by atoms with Crippen LogP contribution in [0.25, 0.3) is 0 Å². The first kappa shape index (κ1) is 17.0. The molecule has 1 N–H and O–H groups in total. The van der Waals surface area contributed by atoms with E-state index in [0.29, 0.717) is 24.6 Å². The van der Waals surface area contributed by atoms with E-state index in [1.54, 1.807) is 32.3 Å². The van der Waals surface area contributed by atoms with Crippen LogP contribution in [0, 0.1) is 0 Å². The fraction of sp³-hybridized carbons (Fsp3) is 0.267. The second-order valence-electron chi connectivity index (χ2n) is 4.59. The molecule has 23 heavy (non-hydrogen) atoms. The van der Waals surface area contributed by atoms with Gasteiger partial charge in [-0.05, 0) is 24.3 Å². The lowest BCUT2D eigenvalue weighted by Gasteiger charge is -2.18. The quantitative estimate of drug-likeness (QED) is 0.618. The molecule has 2 aromatic rings. The first-order valence-corrected chi connectivity index (χ1v) is 8.68. The Labute approximate surface area is 136 Å². The highest BCUT2D eigenvalue weighted by molar-refractivity contribution is 7.89. The molecule has 0 amide bonds. The molecule has 122 valence electrons. The molecule has 0 saturated carbocycles. The topological polar surface area (TPSA) is 87.5 Å². The van der Waals surface area contributed by atoms with Crippen molar-refractivity contribution in [2.45, 2.75) is 18.7 Å². The van der Waals surface area contributed by atoms with Crippen LogP contribution in [0.2, 0.25) is 0 Å². The lowest BCUT2D eigenvalue weighted by molar-refractivity contribution is 0.445. The fourth-order valence-electron chi connectivity index (χ4n) is 1.93. The summed E-state index contributed by atoms with van der Waals surface area (Å²) in [5.74, 6) is 0.454. The van der Waals surface area contributed by atoms with E-state index >= 15 is 0 Å². The van der Waals surface area contributed by atoms with Crippen molar-refractivity contribution < 1.29 is 8.42 Å². The van der Waals surface area contributed by atoms with Crippen molar-refractivity contribution in [2.24, 2.45) is 5.10 Å². The summed E-state index contributed by atoms with van der Waals surface area (Å²) in [6.07, 6.45) is 4.56. The minimum Gasteiger partial charge on any atom is -0.261 e. The van der Waals surface area contributed by atoms with Gasteiger partial charge in [-0.1, -0.05) is 19.9 Å². The van der Waals surface area contributed by atoms with Gasteiger partial charge in [-0.15, -0.1) is 0 Å². The second kappa shape index (κ2) is 7.80. The maximum absolute atomic E-state index is 12.3. The average Bonchev–Trinajstić information content (AvgIpc) is 2.57. The molecule has 8 heteroatoms. The number of hydrazone groups is 1. The highest BCUT2D eigenvalue weighted by Crippen LogP contribution is 2.15. The maximum Gasteiger partial charge on any atom is 0.244 e. The van der Waals surface area contributed by atoms with Gasteiger partial charge >= 0.3 is 0 Å². The Bertz CT molecular complexity index is 741. The molecule has 0 saturated heterocycles. The summed E-state index contributed by atoms with van der Waals surface area (Å²) in [5, 5.41) is 4.01. The summed E-state index contributed by atoms with van der Waals surface area (Å²) in [6, 6.07) is 8.59. The van der Waals surface area contributed by atoms with Crippen molar-refractivity contribution in [1.29, 1.82) is 0 Å². The minimum absolute atomic E-state index is 0.167. The molecule has 0 bridgehead atoms. The van der Waals surface area contributed by atoms with E-state index < -0.39 is 10.0 Å². The number of sulfonamides is 1. The highest BCUT2D eigenvalue weighted by atomic mass is 32.2. The van der Waals surface area contributed by atoms with Crippen LogP contribution in [0.4, 0.5) is 5.82 Å². The van der Waals surface area contributed by atoms with Gasteiger partial charge in [0.25, 0.3) is 0 Å². The zero-order valence-corrected chi connectivity index (χ0v) is 13.9. The van der Waals surface area contributed by atoms with Crippen LogP contribution >= 0.6 is 0 Å². The van der Waals surface area contributed by atoms with Gasteiger partial charge in [-0.25, -0.2) is 13.4 Å². The molecule has 0 fully saturated rings. The molecular weight excluding hydrogens is 314 g/mol. The van der Waals surface area contributed by atoms with Gasteiger partial charge in [-0.3, -0.25) is 10.4 Å². The minimum atomic E-state index is -3.49. The van der Waals surface area contributed by atoms with Crippen LogP contribution in [0.15, 0.2) is 52.7 Å². The van der Waals surface area contributed by atoms with Crippen LogP contribution in [0.1, 0.15) is 19.5 Å². The van der Waals surface area contributed by atoms with Crippen molar-refractivity contribution >= 4 is 22.1 Å². The molecule has 0 aliphatic heterocycles. The van der Waals surface area contributed by atoms with E-state index in [4.69, 9.17) is 0 Å². The fourth-order valence-corrected chi connectivity index (χ4v) is 3.33. The van der Waals surface area contributed by atoms with Gasteiger partial charge in [0.2, 0.25) is 10.0 Å². The number of nitrogens with zero attached hydrogens (tertiary/aromatic N) is 4. The number of pyridine rings is 2. The molecule has 2 aromatic heterocycles. The SMILES string of the molecule is CCN(CC)S(=O)(=O)c1ccc(NN=Cc2ccccn2)nc1. The number of rotatable bonds is 7. The summed E-state index contributed by atoms with van der Waals surface area (Å²) < 4.78 is 26.1. The average molecular weight is 333 g/mol. The van der Waals surface area contributed by atoms with Crippen molar-refractivity contribution in [2.75, 3.05) is 18.5 Å². The van der Waals surface area contributed by atoms with Crippen LogP contribution < -0.4 is 5.43 Å². The van der Waals surface area contributed by atoms with E-state index in [1.165, 1.54) is 16.6 Å². The molecule has 2 heterocycles. The van der Waals surface area contributed by atoms with Crippen LogP contribution in [0.5, 0.6) is 0 Å². The molecule has 7 nitrogen and oxygen atoms in total. The molecule has 0 radical (unpaired) electrons. The van der Waals surface area contributed by atoms with Gasteiger partial charge in [-0.2, -0.15) is 9.41 Å². The first-order chi connectivity index (χ1) is 11.1. The van der Waals surface area contributed by atoms with Gasteiger partial charge in [0, 0.05) is 25.5 Å². The molecule has 0 aliphatic carbocycles. The summed E-state index contributed by atoms with van der Waals surface area (Å²) in [5.41, 5.74) is 3.45. The number of hydrogen-bond acceptors (Lipinski definition) is 6. The predicted molar refractivity (Wildman–Crippen MR) is 89.8 cm³/mol. The molecule has 0 aromatic carbocycles. The Morgan fingerprint density at radius 3 is 2.52 bits per heavy atom. The Balaban J connectivity index is 2.06. The summed E-state index contributed by atoms with van der Waals surface area (Å²) >= 11 is 0. The van der Waals surface area contributed by atoms with E-state index in [0.717, 1.165) is 0 Å². The second-order valence-corrected chi connectivity index (χ2v) is 6.53. The number of hydrogen-bond donors (Lipinski definition) is 1. The van der Waals surface area contributed by atoms with Gasteiger partial charge in [0.1, 0.15) is 10.7 Å². The lowest BCUT2D eigenvalue weighted by atomic mass is 10.4. The van der Waals surface area contributed by atoms with Crippen LogP contribution in [-0.2, 0) is 10.0 Å². The van der Waals surface area contributed by atoms with Crippen molar-refractivity contribution in [3.63, 3.8) is 0 Å². The first-order valence-electron chi connectivity index (χ1n) is 7.24. The van der Waals surface area contributed by atoms with Gasteiger partial charge < -0.3 is 0 Å². The monoisotopic (exact) mass is 333 g/mol. The number of nitrogens with one attached hydrogen (secondary N) is 1. The Morgan fingerprint density at radius 2 is 1.96 bits per heavy atom. The van der Waals surface area contributed by atoms with Crippen LogP contribution in [-0.4, -0.2) is 42.0 Å². The third kappa shape index (κ3) is 4.33. The molecule has 0 spiro atoms. The molecule has 2 rings (SSSR count). The Hall–Kier alpha value is -2.32. The lowest BCUT2D eigenvalue weighted by Crippen LogP contribution is -2.30. The molecule has 0 unspecified atom stereocenters. The Morgan fingerprint density at radius 1 is 1.17 bits per heavy atom. The van der Waals surface area contributed by atoms with Crippen molar-refractivity contribution in [3.8, 4) is 0 Å². The van der Waals surface area contributed by atoms with Gasteiger partial charge in [0.15, 0.2) is 0 Å². The van der Waals surface area contributed by atoms with Crippen molar-refractivity contribution in [1.82, 2.24) is 14.3 Å².